The predicted octanol–water partition coefficient (Wildman–Crippen LogP) is 6.60. The van der Waals surface area contributed by atoms with E-state index in [0.717, 1.165) is 10.4 Å². The largest absolute Gasteiger partial charge is 0.458 e. The number of nitrogens with zero attached hydrogens (tertiary/aromatic N) is 1. The fourth-order valence-corrected chi connectivity index (χ4v) is 3.90. The highest BCUT2D eigenvalue weighted by molar-refractivity contribution is 8.01. The molecule has 0 aliphatic carbocycles. The molecule has 2 amide bonds. The van der Waals surface area contributed by atoms with Gasteiger partial charge in [0, 0.05) is 11.7 Å². The lowest BCUT2D eigenvalue weighted by Gasteiger charge is -2.29. The number of halogens is 6. The van der Waals surface area contributed by atoms with Crippen LogP contribution in [0.25, 0.3) is 0 Å². The summed E-state index contributed by atoms with van der Waals surface area (Å²) in [5.74, 6) is -2.87. The van der Waals surface area contributed by atoms with Crippen molar-refractivity contribution in [2.45, 2.75) is 85.0 Å². The number of carbonyl (C=O) groups is 3. The number of rotatable bonds is 7. The predicted molar refractivity (Wildman–Crippen MR) is 130 cm³/mol. The molecule has 1 rings (SSSR count). The van der Waals surface area contributed by atoms with Crippen molar-refractivity contribution in [2.24, 2.45) is 5.92 Å². The van der Waals surface area contributed by atoms with Crippen LogP contribution in [0.3, 0.4) is 0 Å². The smallest absolute Gasteiger partial charge is 0.417 e. The minimum absolute atomic E-state index is 0.222. The molecular weight excluding hydrogens is 542 g/mol. The van der Waals surface area contributed by atoms with E-state index in [0.29, 0.717) is 11.9 Å². The molecule has 0 aromatic heterocycles. The van der Waals surface area contributed by atoms with E-state index in [9.17, 15) is 40.7 Å². The third-order valence-electron chi connectivity index (χ3n) is 4.30. The number of alkyl halides is 6. The number of hydrogen-bond acceptors (Lipinski definition) is 6. The van der Waals surface area contributed by atoms with Crippen molar-refractivity contribution in [3.63, 3.8) is 0 Å². The average Bonchev–Trinajstić information content (AvgIpc) is 2.68. The van der Waals surface area contributed by atoms with E-state index in [-0.39, 0.29) is 12.1 Å². The molecule has 38 heavy (non-hydrogen) atoms. The minimum atomic E-state index is -5.37. The molecule has 1 atom stereocenters. The van der Waals surface area contributed by atoms with E-state index in [1.807, 2.05) is 0 Å². The topological polar surface area (TPSA) is 84.9 Å². The highest BCUT2D eigenvalue weighted by atomic mass is 32.2. The molecular formula is C24H32F6N2O5S. The van der Waals surface area contributed by atoms with Crippen LogP contribution in [0.5, 0.6) is 0 Å². The lowest BCUT2D eigenvalue weighted by molar-refractivity contribution is -0.162. The van der Waals surface area contributed by atoms with Crippen molar-refractivity contribution >= 4 is 35.6 Å². The van der Waals surface area contributed by atoms with Gasteiger partial charge in [-0.3, -0.25) is 9.10 Å². The van der Waals surface area contributed by atoms with Gasteiger partial charge >= 0.3 is 24.4 Å². The zero-order valence-corrected chi connectivity index (χ0v) is 23.1. The lowest BCUT2D eigenvalue weighted by Crippen LogP contribution is -2.48. The third kappa shape index (κ3) is 10.6. The molecule has 216 valence electrons. The summed E-state index contributed by atoms with van der Waals surface area (Å²) in [6.07, 6.45) is -11.7. The molecule has 7 nitrogen and oxygen atoms in total. The van der Waals surface area contributed by atoms with Gasteiger partial charge in [-0.1, -0.05) is 13.8 Å². The van der Waals surface area contributed by atoms with E-state index in [1.54, 1.807) is 41.5 Å². The third-order valence-corrected chi connectivity index (χ3v) is 5.43. The molecule has 0 aliphatic heterocycles. The molecule has 14 heteroatoms. The zero-order valence-electron chi connectivity index (χ0n) is 22.3. The first-order chi connectivity index (χ1) is 16.9. The van der Waals surface area contributed by atoms with Gasteiger partial charge in [-0.25, -0.2) is 9.59 Å². The Balaban J connectivity index is 3.44. The van der Waals surface area contributed by atoms with Gasteiger partial charge in [-0.05, 0) is 71.7 Å². The SMILES string of the molecule is CC(C)C(=O)N(SCC(NC(=O)OC(C)(C)C)C(=O)OC(C)(C)C)c1ccc(C(F)(F)F)c(C(F)(F)F)c1. The number of alkyl carbamates (subject to hydrolysis) is 1. The van der Waals surface area contributed by atoms with Crippen molar-refractivity contribution in [2.75, 3.05) is 10.1 Å². The number of nitrogens with one attached hydrogen (secondary N) is 1. The van der Waals surface area contributed by atoms with Crippen LogP contribution in [0.4, 0.5) is 36.8 Å². The van der Waals surface area contributed by atoms with Gasteiger partial charge in [0.2, 0.25) is 5.91 Å². The second-order valence-corrected chi connectivity index (χ2v) is 11.5. The molecule has 0 radical (unpaired) electrons. The van der Waals surface area contributed by atoms with E-state index < -0.39 is 76.1 Å². The Labute approximate surface area is 221 Å². The first-order valence-electron chi connectivity index (χ1n) is 11.4. The van der Waals surface area contributed by atoms with Crippen LogP contribution in [-0.4, -0.2) is 41.0 Å². The summed E-state index contributed by atoms with van der Waals surface area (Å²) < 4.78 is 91.4. The number of carbonyl (C=O) groups excluding carboxylic acids is 3. The summed E-state index contributed by atoms with van der Waals surface area (Å²) in [4.78, 5) is 38.0. The molecule has 0 fully saturated rings. The number of esters is 1. The van der Waals surface area contributed by atoms with Crippen LogP contribution in [-0.2, 0) is 31.4 Å². The molecule has 1 aromatic carbocycles. The summed E-state index contributed by atoms with van der Waals surface area (Å²) in [5.41, 5.74) is -6.27. The van der Waals surface area contributed by atoms with Crippen molar-refractivity contribution in [3.05, 3.63) is 29.3 Å². The number of ether oxygens (including phenoxy) is 2. The molecule has 0 aliphatic rings. The molecule has 0 spiro atoms. The first-order valence-corrected chi connectivity index (χ1v) is 12.3. The van der Waals surface area contributed by atoms with E-state index in [1.165, 1.54) is 13.8 Å². The standard InChI is InChI=1S/C24H32F6N2O5S/c1-13(2)18(33)32(14-9-10-15(23(25,26)27)16(11-14)24(28,29)30)38-12-17(19(34)36-21(3,4)5)31-20(35)37-22(6,7)8/h9-11,13,17H,12H2,1-8H3,(H,31,35). The fraction of sp³-hybridized carbons (Fsp3) is 0.625. The zero-order chi connectivity index (χ0) is 29.9. The summed E-state index contributed by atoms with van der Waals surface area (Å²) in [6.45, 7) is 12.3. The molecule has 1 aromatic rings. The minimum Gasteiger partial charge on any atom is -0.458 e. The summed E-state index contributed by atoms with van der Waals surface area (Å²) in [6, 6.07) is -0.230. The Morgan fingerprint density at radius 3 is 1.79 bits per heavy atom. The normalized spacial score (nSPS) is 13.7. The number of anilines is 1. The maximum atomic E-state index is 13.5. The molecule has 0 saturated heterocycles. The number of amides is 2. The number of benzene rings is 1. The monoisotopic (exact) mass is 574 g/mol. The van der Waals surface area contributed by atoms with Gasteiger partial charge in [0.05, 0.1) is 16.8 Å². The average molecular weight is 575 g/mol. The maximum absolute atomic E-state index is 13.5. The summed E-state index contributed by atoms with van der Waals surface area (Å²) in [7, 11) is 0. The second kappa shape index (κ2) is 12.0. The van der Waals surface area contributed by atoms with Gasteiger partial charge in [0.1, 0.15) is 17.2 Å². The number of hydrogen-bond donors (Lipinski definition) is 1. The van der Waals surface area contributed by atoms with Gasteiger partial charge in [0.15, 0.2) is 0 Å². The van der Waals surface area contributed by atoms with Crippen molar-refractivity contribution in [1.82, 2.24) is 5.32 Å². The summed E-state index contributed by atoms with van der Waals surface area (Å²) >= 11 is 0.530. The van der Waals surface area contributed by atoms with E-state index in [2.05, 4.69) is 5.32 Å². The quantitative estimate of drug-likeness (QED) is 0.225. The molecule has 1 N–H and O–H groups in total. The Kier molecular flexibility index (Phi) is 10.6. The molecule has 0 saturated carbocycles. The Hall–Kier alpha value is -2.64. The van der Waals surface area contributed by atoms with Crippen LogP contribution in [0.15, 0.2) is 18.2 Å². The Bertz CT molecular complexity index is 1010. The second-order valence-electron chi connectivity index (χ2n) is 10.5. The van der Waals surface area contributed by atoms with Crippen LogP contribution in [0.1, 0.15) is 66.5 Å². The fourth-order valence-electron chi connectivity index (χ4n) is 2.78. The first kappa shape index (κ1) is 33.4. The molecule has 0 bridgehead atoms. The van der Waals surface area contributed by atoms with Crippen LogP contribution in [0, 0.1) is 5.92 Å². The maximum Gasteiger partial charge on any atom is 0.417 e. The highest BCUT2D eigenvalue weighted by Gasteiger charge is 2.43. The van der Waals surface area contributed by atoms with Gasteiger partial charge < -0.3 is 14.8 Å². The van der Waals surface area contributed by atoms with E-state index >= 15 is 0 Å². The lowest BCUT2D eigenvalue weighted by atomic mass is 10.1. The molecule has 1 unspecified atom stereocenters. The van der Waals surface area contributed by atoms with Gasteiger partial charge in [-0.15, -0.1) is 0 Å². The van der Waals surface area contributed by atoms with Crippen molar-refractivity contribution in [1.29, 1.82) is 0 Å². The van der Waals surface area contributed by atoms with Crippen LogP contribution in [0.2, 0.25) is 0 Å². The summed E-state index contributed by atoms with van der Waals surface area (Å²) in [5, 5.41) is 2.31. The van der Waals surface area contributed by atoms with Crippen molar-refractivity contribution < 1.29 is 50.2 Å². The van der Waals surface area contributed by atoms with E-state index in [4.69, 9.17) is 9.47 Å². The van der Waals surface area contributed by atoms with Crippen molar-refractivity contribution in [3.8, 4) is 0 Å². The Morgan fingerprint density at radius 2 is 1.37 bits per heavy atom. The Morgan fingerprint density at radius 1 is 0.868 bits per heavy atom. The van der Waals surface area contributed by atoms with Gasteiger partial charge in [0.25, 0.3) is 0 Å². The highest BCUT2D eigenvalue weighted by Crippen LogP contribution is 2.42. The van der Waals surface area contributed by atoms with Gasteiger partial charge in [-0.2, -0.15) is 26.3 Å². The van der Waals surface area contributed by atoms with Crippen LogP contribution < -0.4 is 9.62 Å². The van der Waals surface area contributed by atoms with Crippen LogP contribution >= 0.6 is 11.9 Å². The molecule has 0 heterocycles.